The Morgan fingerprint density at radius 1 is 0.676 bits per heavy atom. The van der Waals surface area contributed by atoms with E-state index < -0.39 is 11.8 Å². The largest absolute Gasteiger partial charge is 0.497 e. The van der Waals surface area contributed by atoms with Crippen LogP contribution in [0.1, 0.15) is 11.1 Å². The molecule has 0 heterocycles. The molecule has 0 saturated heterocycles. The number of nitrogens with one attached hydrogen (secondary N) is 2. The van der Waals surface area contributed by atoms with Gasteiger partial charge in [0.2, 0.25) is 0 Å². The third-order valence-electron chi connectivity index (χ3n) is 4.63. The van der Waals surface area contributed by atoms with Gasteiger partial charge in [-0.3, -0.25) is 30.5 Å². The highest BCUT2D eigenvalue weighted by Crippen LogP contribution is 2.26. The summed E-state index contributed by atoms with van der Waals surface area (Å²) in [5.74, 6) is 0.151. The molecular formula is C22H26N4O6S2. The molecule has 34 heavy (non-hydrogen) atoms. The van der Waals surface area contributed by atoms with Gasteiger partial charge in [0.25, 0.3) is 0 Å². The summed E-state index contributed by atoms with van der Waals surface area (Å²) < 4.78 is 21.1. The van der Waals surface area contributed by atoms with Crippen molar-refractivity contribution in [2.45, 2.75) is 0 Å². The summed E-state index contributed by atoms with van der Waals surface area (Å²) in [6, 6.07) is 10.1. The molecule has 10 nitrogen and oxygen atoms in total. The van der Waals surface area contributed by atoms with Gasteiger partial charge in [-0.25, -0.2) is 0 Å². The minimum absolute atomic E-state index is 0.210. The van der Waals surface area contributed by atoms with E-state index in [1.54, 1.807) is 36.4 Å². The molecule has 0 spiro atoms. The Morgan fingerprint density at radius 2 is 1.03 bits per heavy atom. The number of carbonyl (C=O) groups is 2. The van der Waals surface area contributed by atoms with Crippen molar-refractivity contribution in [2.75, 3.05) is 42.5 Å². The van der Waals surface area contributed by atoms with E-state index in [-0.39, 0.29) is 9.98 Å². The van der Waals surface area contributed by atoms with Gasteiger partial charge in [-0.1, -0.05) is 24.4 Å². The summed E-state index contributed by atoms with van der Waals surface area (Å²) in [4.78, 5) is 25.4. The first-order chi connectivity index (χ1) is 16.2. The zero-order chi connectivity index (χ0) is 25.4. The van der Waals surface area contributed by atoms with Gasteiger partial charge in [0, 0.05) is 14.1 Å². The fourth-order valence-corrected chi connectivity index (χ4v) is 3.24. The highest BCUT2D eigenvalue weighted by Gasteiger charge is 2.22. The average Bonchev–Trinajstić information content (AvgIpc) is 2.86. The van der Waals surface area contributed by atoms with E-state index in [0.717, 1.165) is 0 Å². The number of thiocarbonyl (C=S) groups is 2. The molecular weight excluding hydrogens is 480 g/mol. The lowest BCUT2D eigenvalue weighted by atomic mass is 10.2. The van der Waals surface area contributed by atoms with Crippen molar-refractivity contribution in [3.63, 3.8) is 0 Å². The monoisotopic (exact) mass is 506 g/mol. The number of nitrogens with zero attached hydrogens (tertiary/aromatic N) is 2. The van der Waals surface area contributed by atoms with Crippen LogP contribution in [0.25, 0.3) is 0 Å². The molecule has 0 unspecified atom stereocenters. The number of hydrogen-bond acceptors (Lipinski definition) is 8. The van der Waals surface area contributed by atoms with Crippen LogP contribution in [0.4, 0.5) is 0 Å². The Kier molecular flexibility index (Phi) is 9.39. The molecule has 182 valence electrons. The quantitative estimate of drug-likeness (QED) is 0.342. The van der Waals surface area contributed by atoms with Gasteiger partial charge >= 0.3 is 11.8 Å². The zero-order valence-electron chi connectivity index (χ0n) is 19.6. The lowest BCUT2D eigenvalue weighted by Crippen LogP contribution is -2.53. The van der Waals surface area contributed by atoms with Crippen LogP contribution in [0.3, 0.4) is 0 Å². The fraction of sp³-hybridized carbons (Fsp3) is 0.273. The Hall–Kier alpha value is -3.64. The van der Waals surface area contributed by atoms with Gasteiger partial charge in [0.1, 0.15) is 33.0 Å². The van der Waals surface area contributed by atoms with Crippen molar-refractivity contribution in [2.24, 2.45) is 0 Å². The smallest absolute Gasteiger partial charge is 0.329 e. The highest BCUT2D eigenvalue weighted by atomic mass is 32.1. The summed E-state index contributed by atoms with van der Waals surface area (Å²) in [7, 11) is 9.04. The second kappa shape index (κ2) is 12.0. The molecule has 0 atom stereocenters. The first kappa shape index (κ1) is 26.6. The lowest BCUT2D eigenvalue weighted by Gasteiger charge is -2.24. The Labute approximate surface area is 208 Å². The number of benzene rings is 2. The first-order valence-corrected chi connectivity index (χ1v) is 10.6. The molecule has 0 aromatic heterocycles. The van der Waals surface area contributed by atoms with Crippen LogP contribution in [0.15, 0.2) is 36.4 Å². The maximum atomic E-state index is 12.5. The lowest BCUT2D eigenvalue weighted by molar-refractivity contribution is -0.142. The van der Waals surface area contributed by atoms with Crippen molar-refractivity contribution in [3.05, 3.63) is 47.5 Å². The van der Waals surface area contributed by atoms with Crippen molar-refractivity contribution in [1.82, 2.24) is 20.9 Å². The van der Waals surface area contributed by atoms with Crippen molar-refractivity contribution >= 4 is 46.2 Å². The van der Waals surface area contributed by atoms with E-state index in [1.165, 1.54) is 52.6 Å². The summed E-state index contributed by atoms with van der Waals surface area (Å²) >= 11 is 10.9. The number of amides is 2. The second-order valence-corrected chi connectivity index (χ2v) is 7.52. The zero-order valence-corrected chi connectivity index (χ0v) is 21.3. The van der Waals surface area contributed by atoms with Gasteiger partial charge in [-0.2, -0.15) is 0 Å². The van der Waals surface area contributed by atoms with Crippen LogP contribution in [0.5, 0.6) is 23.0 Å². The maximum Gasteiger partial charge on any atom is 0.329 e. The predicted molar refractivity (Wildman–Crippen MR) is 134 cm³/mol. The predicted octanol–water partition coefficient (Wildman–Crippen LogP) is 1.70. The molecule has 2 aromatic carbocycles. The van der Waals surface area contributed by atoms with Crippen LogP contribution in [0.2, 0.25) is 0 Å². The Bertz CT molecular complexity index is 1010. The molecule has 0 aliphatic heterocycles. The van der Waals surface area contributed by atoms with Crippen LogP contribution in [0, 0.1) is 0 Å². The van der Waals surface area contributed by atoms with E-state index in [0.29, 0.717) is 34.1 Å². The molecule has 2 rings (SSSR count). The van der Waals surface area contributed by atoms with Crippen LogP contribution in [-0.4, -0.2) is 74.3 Å². The van der Waals surface area contributed by atoms with Gasteiger partial charge in [0.15, 0.2) is 0 Å². The van der Waals surface area contributed by atoms with E-state index in [1.807, 2.05) is 0 Å². The number of ether oxygens (including phenoxy) is 4. The average molecular weight is 507 g/mol. The van der Waals surface area contributed by atoms with E-state index in [9.17, 15) is 9.59 Å². The minimum atomic E-state index is -0.959. The number of methoxy groups -OCH3 is 4. The summed E-state index contributed by atoms with van der Waals surface area (Å²) in [6.07, 6.45) is 0. The molecule has 0 radical (unpaired) electrons. The van der Waals surface area contributed by atoms with Crippen LogP contribution in [-0.2, 0) is 9.59 Å². The third kappa shape index (κ3) is 6.23. The normalized spacial score (nSPS) is 9.94. The Balaban J connectivity index is 2.08. The molecule has 0 aliphatic rings. The summed E-state index contributed by atoms with van der Waals surface area (Å²) in [5, 5.41) is 2.47. The fourth-order valence-electron chi connectivity index (χ4n) is 2.83. The van der Waals surface area contributed by atoms with Gasteiger partial charge < -0.3 is 18.9 Å². The standard InChI is InChI=1S/C22H26N4O6S2/c1-25(21(33)15-11-13(29-3)7-9-17(15)31-5)23-19(27)20(28)24-26(2)22(34)16-12-14(30-4)8-10-18(16)32-6/h7-12H,1-6H3,(H,23,27)(H,24,28). The number of rotatable bonds is 6. The second-order valence-electron chi connectivity index (χ2n) is 6.74. The van der Waals surface area contributed by atoms with Crippen LogP contribution >= 0.6 is 24.4 Å². The molecule has 12 heteroatoms. The molecule has 0 fully saturated rings. The Morgan fingerprint density at radius 3 is 1.32 bits per heavy atom. The van der Waals surface area contributed by atoms with Gasteiger partial charge in [-0.05, 0) is 36.4 Å². The first-order valence-electron chi connectivity index (χ1n) is 9.78. The SMILES string of the molecule is COc1ccc(OC)c(C(=S)N(C)NC(=O)C(=O)NN(C)C(=S)c2cc(OC)ccc2OC)c1. The third-order valence-corrected chi connectivity index (χ3v) is 5.62. The number of hydrogen-bond donors (Lipinski definition) is 2. The molecule has 0 bridgehead atoms. The highest BCUT2D eigenvalue weighted by molar-refractivity contribution is 7.81. The van der Waals surface area contributed by atoms with Gasteiger partial charge in [0.05, 0.1) is 39.6 Å². The molecule has 0 saturated carbocycles. The topological polar surface area (TPSA) is 102 Å². The summed E-state index contributed by atoms with van der Waals surface area (Å²) in [6.45, 7) is 0. The van der Waals surface area contributed by atoms with E-state index >= 15 is 0 Å². The number of hydrazine groups is 2. The molecule has 0 aliphatic carbocycles. The molecule has 2 N–H and O–H groups in total. The van der Waals surface area contributed by atoms with Crippen molar-refractivity contribution in [1.29, 1.82) is 0 Å². The maximum absolute atomic E-state index is 12.5. The van der Waals surface area contributed by atoms with Crippen molar-refractivity contribution < 1.29 is 28.5 Å². The van der Waals surface area contributed by atoms with Crippen molar-refractivity contribution in [3.8, 4) is 23.0 Å². The molecule has 2 amide bonds. The number of carbonyl (C=O) groups excluding carboxylic acids is 2. The van der Waals surface area contributed by atoms with Gasteiger partial charge in [-0.15, -0.1) is 0 Å². The molecule has 2 aromatic rings. The van der Waals surface area contributed by atoms with E-state index in [4.69, 9.17) is 43.4 Å². The van der Waals surface area contributed by atoms with E-state index in [2.05, 4.69) is 10.9 Å². The van der Waals surface area contributed by atoms with Crippen LogP contribution < -0.4 is 29.8 Å². The summed E-state index contributed by atoms with van der Waals surface area (Å²) in [5.41, 5.74) is 5.85. The minimum Gasteiger partial charge on any atom is -0.497 e.